The SMILES string of the molecule is Cl.O=C1c2cccc(Cl)c2CC12CCNCC2. The summed E-state index contributed by atoms with van der Waals surface area (Å²) in [4.78, 5) is 12.4. The van der Waals surface area contributed by atoms with Gasteiger partial charge in [0.05, 0.1) is 0 Å². The molecule has 1 heterocycles. The van der Waals surface area contributed by atoms with Crippen LogP contribution in [0.25, 0.3) is 0 Å². The zero-order valence-corrected chi connectivity index (χ0v) is 11.0. The summed E-state index contributed by atoms with van der Waals surface area (Å²) >= 11 is 6.17. The zero-order chi connectivity index (χ0) is 11.2. The van der Waals surface area contributed by atoms with E-state index in [1.807, 2.05) is 18.2 Å². The van der Waals surface area contributed by atoms with Crippen LogP contribution < -0.4 is 5.32 Å². The summed E-state index contributed by atoms with van der Waals surface area (Å²) in [5.41, 5.74) is 1.77. The Morgan fingerprint density at radius 3 is 2.59 bits per heavy atom. The average Bonchev–Trinajstić information content (AvgIpc) is 2.57. The van der Waals surface area contributed by atoms with Gasteiger partial charge >= 0.3 is 0 Å². The average molecular weight is 272 g/mol. The minimum atomic E-state index is -0.154. The molecule has 1 saturated heterocycles. The van der Waals surface area contributed by atoms with Crippen molar-refractivity contribution in [3.8, 4) is 0 Å². The fraction of sp³-hybridized carbons (Fsp3) is 0.462. The van der Waals surface area contributed by atoms with Crippen molar-refractivity contribution in [2.24, 2.45) is 5.41 Å². The van der Waals surface area contributed by atoms with Gasteiger partial charge in [0.25, 0.3) is 0 Å². The van der Waals surface area contributed by atoms with Crippen LogP contribution in [0.3, 0.4) is 0 Å². The molecular weight excluding hydrogens is 257 g/mol. The molecule has 0 unspecified atom stereocenters. The normalized spacial score (nSPS) is 21.1. The first-order valence-corrected chi connectivity index (χ1v) is 6.14. The molecule has 1 N–H and O–H groups in total. The number of Topliss-reactive ketones (excluding diaryl/α,β-unsaturated/α-hetero) is 1. The minimum Gasteiger partial charge on any atom is -0.317 e. The third kappa shape index (κ3) is 1.88. The van der Waals surface area contributed by atoms with Crippen molar-refractivity contribution < 1.29 is 4.79 Å². The molecule has 1 fully saturated rings. The molecule has 0 atom stereocenters. The second kappa shape index (κ2) is 4.60. The molecule has 0 bridgehead atoms. The number of halogens is 2. The van der Waals surface area contributed by atoms with Crippen LogP contribution in [0.4, 0.5) is 0 Å². The molecule has 4 heteroatoms. The molecule has 3 rings (SSSR count). The van der Waals surface area contributed by atoms with Gasteiger partial charge in [0, 0.05) is 16.0 Å². The maximum Gasteiger partial charge on any atom is 0.169 e. The first kappa shape index (κ1) is 12.9. The van der Waals surface area contributed by atoms with Gasteiger partial charge in [0.2, 0.25) is 0 Å². The highest BCUT2D eigenvalue weighted by Gasteiger charge is 2.46. The van der Waals surface area contributed by atoms with E-state index in [-0.39, 0.29) is 17.8 Å². The highest BCUT2D eigenvalue weighted by molar-refractivity contribution is 6.32. The van der Waals surface area contributed by atoms with Gasteiger partial charge in [-0.05, 0) is 44.0 Å². The van der Waals surface area contributed by atoms with Crippen molar-refractivity contribution in [2.75, 3.05) is 13.1 Å². The number of hydrogen-bond acceptors (Lipinski definition) is 2. The highest BCUT2D eigenvalue weighted by Crippen LogP contribution is 2.45. The van der Waals surface area contributed by atoms with Crippen molar-refractivity contribution >= 4 is 29.8 Å². The first-order chi connectivity index (χ1) is 7.73. The van der Waals surface area contributed by atoms with Crippen LogP contribution in [-0.2, 0) is 6.42 Å². The molecule has 1 aromatic rings. The topological polar surface area (TPSA) is 29.1 Å². The molecule has 92 valence electrons. The van der Waals surface area contributed by atoms with Crippen LogP contribution in [0.2, 0.25) is 5.02 Å². The number of ketones is 1. The van der Waals surface area contributed by atoms with E-state index in [0.29, 0.717) is 5.78 Å². The molecule has 0 aromatic heterocycles. The van der Waals surface area contributed by atoms with Gasteiger partial charge in [0.15, 0.2) is 5.78 Å². The predicted molar refractivity (Wildman–Crippen MR) is 71.3 cm³/mol. The molecule has 17 heavy (non-hydrogen) atoms. The third-order valence-electron chi connectivity index (χ3n) is 3.92. The number of fused-ring (bicyclic) bond motifs is 1. The first-order valence-electron chi connectivity index (χ1n) is 5.76. The number of rotatable bonds is 0. The van der Waals surface area contributed by atoms with Gasteiger partial charge in [-0.3, -0.25) is 4.79 Å². The van der Waals surface area contributed by atoms with Gasteiger partial charge in [-0.1, -0.05) is 23.7 Å². The van der Waals surface area contributed by atoms with Crippen molar-refractivity contribution in [3.63, 3.8) is 0 Å². The lowest BCUT2D eigenvalue weighted by atomic mass is 9.75. The predicted octanol–water partition coefficient (Wildman–Crippen LogP) is 2.87. The Morgan fingerprint density at radius 2 is 1.94 bits per heavy atom. The lowest BCUT2D eigenvalue weighted by molar-refractivity contribution is 0.0762. The zero-order valence-electron chi connectivity index (χ0n) is 9.46. The largest absolute Gasteiger partial charge is 0.317 e. The quantitative estimate of drug-likeness (QED) is 0.786. The Hall–Kier alpha value is -0.570. The van der Waals surface area contributed by atoms with Crippen LogP contribution in [0.15, 0.2) is 18.2 Å². The maximum atomic E-state index is 12.4. The number of nitrogens with one attached hydrogen (secondary N) is 1. The van der Waals surface area contributed by atoms with Crippen molar-refractivity contribution in [1.82, 2.24) is 5.32 Å². The molecular formula is C13H15Cl2NO. The van der Waals surface area contributed by atoms with E-state index in [2.05, 4.69) is 5.32 Å². The van der Waals surface area contributed by atoms with Crippen LogP contribution in [-0.4, -0.2) is 18.9 Å². The van der Waals surface area contributed by atoms with E-state index < -0.39 is 0 Å². The number of carbonyl (C=O) groups is 1. The second-order valence-corrected chi connectivity index (χ2v) is 5.21. The number of piperidine rings is 1. The van der Waals surface area contributed by atoms with E-state index in [0.717, 1.165) is 48.5 Å². The van der Waals surface area contributed by atoms with Crippen molar-refractivity contribution in [3.05, 3.63) is 34.3 Å². The number of hydrogen-bond donors (Lipinski definition) is 1. The standard InChI is InChI=1S/C13H14ClNO.ClH/c14-11-3-1-2-9-10(11)8-13(12(9)16)4-6-15-7-5-13;/h1-3,15H,4-8H2;1H. The number of benzene rings is 1. The molecule has 1 aromatic carbocycles. The van der Waals surface area contributed by atoms with E-state index in [4.69, 9.17) is 11.6 Å². The Bertz CT molecular complexity index is 453. The molecule has 1 spiro atoms. The van der Waals surface area contributed by atoms with Gasteiger partial charge in [-0.2, -0.15) is 0 Å². The van der Waals surface area contributed by atoms with E-state index in [1.165, 1.54) is 0 Å². The summed E-state index contributed by atoms with van der Waals surface area (Å²) in [6, 6.07) is 5.67. The summed E-state index contributed by atoms with van der Waals surface area (Å²) in [5, 5.41) is 4.06. The van der Waals surface area contributed by atoms with Gasteiger partial charge < -0.3 is 5.32 Å². The molecule has 0 radical (unpaired) electrons. The molecule has 1 aliphatic heterocycles. The summed E-state index contributed by atoms with van der Waals surface area (Å²) in [7, 11) is 0. The van der Waals surface area contributed by atoms with Crippen LogP contribution in [0.5, 0.6) is 0 Å². The third-order valence-corrected chi connectivity index (χ3v) is 4.28. The molecule has 0 amide bonds. The van der Waals surface area contributed by atoms with Crippen LogP contribution in [0.1, 0.15) is 28.8 Å². The molecule has 0 saturated carbocycles. The van der Waals surface area contributed by atoms with Gasteiger partial charge in [0.1, 0.15) is 0 Å². The molecule has 1 aliphatic carbocycles. The molecule has 2 nitrogen and oxygen atoms in total. The maximum absolute atomic E-state index is 12.4. The lowest BCUT2D eigenvalue weighted by Crippen LogP contribution is -2.40. The van der Waals surface area contributed by atoms with Gasteiger partial charge in [-0.25, -0.2) is 0 Å². The lowest BCUT2D eigenvalue weighted by Gasteiger charge is -2.32. The Labute approximate surface area is 112 Å². The smallest absolute Gasteiger partial charge is 0.169 e. The fourth-order valence-corrected chi connectivity index (χ4v) is 3.21. The van der Waals surface area contributed by atoms with Crippen molar-refractivity contribution in [2.45, 2.75) is 19.3 Å². The summed E-state index contributed by atoms with van der Waals surface area (Å²) in [6.07, 6.45) is 2.72. The molecule has 2 aliphatic rings. The minimum absolute atomic E-state index is 0. The van der Waals surface area contributed by atoms with E-state index in [1.54, 1.807) is 0 Å². The van der Waals surface area contributed by atoms with Crippen molar-refractivity contribution in [1.29, 1.82) is 0 Å². The highest BCUT2D eigenvalue weighted by atomic mass is 35.5. The van der Waals surface area contributed by atoms with Gasteiger partial charge in [-0.15, -0.1) is 12.4 Å². The summed E-state index contributed by atoms with van der Waals surface area (Å²) < 4.78 is 0. The summed E-state index contributed by atoms with van der Waals surface area (Å²) in [5.74, 6) is 0.312. The monoisotopic (exact) mass is 271 g/mol. The van der Waals surface area contributed by atoms with Crippen LogP contribution >= 0.6 is 24.0 Å². The fourth-order valence-electron chi connectivity index (χ4n) is 2.96. The summed E-state index contributed by atoms with van der Waals surface area (Å²) in [6.45, 7) is 1.88. The van der Waals surface area contributed by atoms with E-state index >= 15 is 0 Å². The Morgan fingerprint density at radius 1 is 1.24 bits per heavy atom. The van der Waals surface area contributed by atoms with E-state index in [9.17, 15) is 4.79 Å². The Kier molecular flexibility index (Phi) is 3.48. The van der Waals surface area contributed by atoms with Crippen LogP contribution in [0, 0.1) is 5.41 Å². The second-order valence-electron chi connectivity index (χ2n) is 4.80. The number of carbonyl (C=O) groups excluding carboxylic acids is 1. The Balaban J connectivity index is 0.00000108.